The van der Waals surface area contributed by atoms with Gasteiger partial charge in [-0.3, -0.25) is 9.20 Å². The van der Waals surface area contributed by atoms with Crippen LogP contribution in [0.2, 0.25) is 0 Å². The Labute approximate surface area is 177 Å². The first-order chi connectivity index (χ1) is 14.5. The molecule has 1 amide bonds. The smallest absolute Gasteiger partial charge is 0.251 e. The Morgan fingerprint density at radius 2 is 1.87 bits per heavy atom. The van der Waals surface area contributed by atoms with Gasteiger partial charge in [-0.25, -0.2) is 13.1 Å². The number of fused-ring (bicyclic) bond motifs is 1. The molecule has 0 unspecified atom stereocenters. The monoisotopic (exact) mass is 441 g/mol. The second-order valence-electron chi connectivity index (χ2n) is 6.48. The third kappa shape index (κ3) is 4.56. The Morgan fingerprint density at radius 1 is 1.03 bits per heavy atom. The number of carbonyl (C=O) groups excluding carboxylic acids is 1. The third-order valence-electron chi connectivity index (χ3n) is 4.46. The number of nitrogens with zero attached hydrogens (tertiary/aromatic N) is 3. The molecular formula is C20H19N5O3S2. The number of benzene rings is 1. The number of pyridine rings is 1. The first-order valence-electron chi connectivity index (χ1n) is 9.22. The molecule has 0 saturated heterocycles. The predicted octanol–water partition coefficient (Wildman–Crippen LogP) is 2.24. The van der Waals surface area contributed by atoms with Gasteiger partial charge in [-0.05, 0) is 54.3 Å². The van der Waals surface area contributed by atoms with Crippen molar-refractivity contribution in [2.45, 2.75) is 17.9 Å². The molecule has 0 radical (unpaired) electrons. The van der Waals surface area contributed by atoms with Gasteiger partial charge >= 0.3 is 0 Å². The highest BCUT2D eigenvalue weighted by molar-refractivity contribution is 7.89. The maximum Gasteiger partial charge on any atom is 0.251 e. The number of sulfonamides is 1. The summed E-state index contributed by atoms with van der Waals surface area (Å²) in [5.74, 6) is 0.283. The van der Waals surface area contributed by atoms with Gasteiger partial charge in [0.05, 0.1) is 11.4 Å². The third-order valence-corrected chi connectivity index (χ3v) is 6.87. The summed E-state index contributed by atoms with van der Waals surface area (Å²) in [4.78, 5) is 13.6. The summed E-state index contributed by atoms with van der Waals surface area (Å²) in [6, 6.07) is 15.3. The Hall–Kier alpha value is -3.08. The van der Waals surface area contributed by atoms with Crippen molar-refractivity contribution in [2.24, 2.45) is 0 Å². The van der Waals surface area contributed by atoms with E-state index in [1.807, 2.05) is 41.9 Å². The van der Waals surface area contributed by atoms with Crippen LogP contribution in [-0.4, -0.2) is 35.5 Å². The highest BCUT2D eigenvalue weighted by Gasteiger charge is 2.15. The molecule has 0 spiro atoms. The number of carbonyl (C=O) groups is 1. The average molecular weight is 442 g/mol. The fourth-order valence-corrected chi connectivity index (χ4v) is 4.65. The van der Waals surface area contributed by atoms with Crippen molar-refractivity contribution in [2.75, 3.05) is 6.54 Å². The van der Waals surface area contributed by atoms with Gasteiger partial charge in [-0.1, -0.05) is 12.1 Å². The van der Waals surface area contributed by atoms with Crippen LogP contribution in [0, 0.1) is 0 Å². The molecule has 10 heteroatoms. The number of aromatic nitrogens is 3. The van der Waals surface area contributed by atoms with Gasteiger partial charge < -0.3 is 5.32 Å². The molecule has 0 atom stereocenters. The standard InChI is InChI=1S/C20H19N5O3S2/c26-20(21-14-19-24-23-18-5-1-2-12-25(18)19)15-6-8-17(9-7-15)30(27,28)22-11-10-16-4-3-13-29-16/h1-9,12-13,22H,10-11,14H2,(H,21,26). The van der Waals surface area contributed by atoms with Crippen LogP contribution in [-0.2, 0) is 23.0 Å². The minimum atomic E-state index is -3.63. The number of nitrogens with one attached hydrogen (secondary N) is 2. The van der Waals surface area contributed by atoms with Crippen LogP contribution in [0.3, 0.4) is 0 Å². The second-order valence-corrected chi connectivity index (χ2v) is 9.28. The van der Waals surface area contributed by atoms with Crippen molar-refractivity contribution in [3.63, 3.8) is 0 Å². The average Bonchev–Trinajstić information content (AvgIpc) is 3.42. The van der Waals surface area contributed by atoms with Crippen molar-refractivity contribution < 1.29 is 13.2 Å². The van der Waals surface area contributed by atoms with E-state index in [4.69, 9.17) is 0 Å². The number of thiophene rings is 1. The lowest BCUT2D eigenvalue weighted by atomic mass is 10.2. The molecule has 8 nitrogen and oxygen atoms in total. The van der Waals surface area contributed by atoms with Gasteiger partial charge in [0.15, 0.2) is 11.5 Å². The van der Waals surface area contributed by atoms with Crippen molar-refractivity contribution in [3.8, 4) is 0 Å². The summed E-state index contributed by atoms with van der Waals surface area (Å²) < 4.78 is 29.2. The van der Waals surface area contributed by atoms with Crippen LogP contribution in [0.15, 0.2) is 71.1 Å². The van der Waals surface area contributed by atoms with Crippen LogP contribution in [0.1, 0.15) is 21.1 Å². The Balaban J connectivity index is 1.35. The molecule has 0 aliphatic heterocycles. The zero-order valence-corrected chi connectivity index (χ0v) is 17.5. The largest absolute Gasteiger partial charge is 0.345 e. The topological polar surface area (TPSA) is 105 Å². The van der Waals surface area contributed by atoms with E-state index >= 15 is 0 Å². The van der Waals surface area contributed by atoms with Crippen LogP contribution in [0.4, 0.5) is 0 Å². The molecule has 0 bridgehead atoms. The van der Waals surface area contributed by atoms with E-state index in [2.05, 4.69) is 20.2 Å². The molecule has 0 aliphatic rings. The van der Waals surface area contributed by atoms with Crippen molar-refractivity contribution in [1.82, 2.24) is 24.6 Å². The fourth-order valence-electron chi connectivity index (χ4n) is 2.91. The maximum atomic E-state index is 12.4. The maximum absolute atomic E-state index is 12.4. The molecule has 1 aromatic carbocycles. The lowest BCUT2D eigenvalue weighted by Crippen LogP contribution is -2.26. The number of amides is 1. The molecule has 30 heavy (non-hydrogen) atoms. The van der Waals surface area contributed by atoms with E-state index in [9.17, 15) is 13.2 Å². The van der Waals surface area contributed by atoms with Gasteiger partial charge in [-0.2, -0.15) is 0 Å². The molecule has 4 aromatic rings. The van der Waals surface area contributed by atoms with E-state index in [1.54, 1.807) is 15.7 Å². The molecule has 3 heterocycles. The van der Waals surface area contributed by atoms with E-state index in [0.717, 1.165) is 4.88 Å². The molecular weight excluding hydrogens is 422 g/mol. The first-order valence-corrected chi connectivity index (χ1v) is 11.6. The summed E-state index contributed by atoms with van der Waals surface area (Å²) in [6.45, 7) is 0.520. The van der Waals surface area contributed by atoms with Gasteiger partial charge in [0.1, 0.15) is 0 Å². The molecule has 3 aromatic heterocycles. The lowest BCUT2D eigenvalue weighted by molar-refractivity contribution is 0.0949. The Bertz CT molecular complexity index is 1250. The van der Waals surface area contributed by atoms with Crippen molar-refractivity contribution >= 4 is 32.9 Å². The van der Waals surface area contributed by atoms with E-state index in [0.29, 0.717) is 30.0 Å². The Kier molecular flexibility index (Phi) is 5.88. The molecule has 0 saturated carbocycles. The molecule has 154 valence electrons. The van der Waals surface area contributed by atoms with Crippen LogP contribution >= 0.6 is 11.3 Å². The highest BCUT2D eigenvalue weighted by atomic mass is 32.2. The summed E-state index contributed by atoms with van der Waals surface area (Å²) in [5.41, 5.74) is 1.06. The van der Waals surface area contributed by atoms with Crippen LogP contribution in [0.5, 0.6) is 0 Å². The first kappa shape index (κ1) is 20.2. The number of hydrogen-bond acceptors (Lipinski definition) is 6. The molecule has 0 aliphatic carbocycles. The van der Waals surface area contributed by atoms with Crippen molar-refractivity contribution in [3.05, 3.63) is 82.4 Å². The van der Waals surface area contributed by atoms with Gasteiger partial charge in [-0.15, -0.1) is 21.5 Å². The quantitative estimate of drug-likeness (QED) is 0.436. The predicted molar refractivity (Wildman–Crippen MR) is 114 cm³/mol. The molecule has 0 fully saturated rings. The summed E-state index contributed by atoms with van der Waals surface area (Å²) in [7, 11) is -3.63. The minimum Gasteiger partial charge on any atom is -0.345 e. The van der Waals surface area contributed by atoms with Crippen molar-refractivity contribution in [1.29, 1.82) is 0 Å². The van der Waals surface area contributed by atoms with E-state index < -0.39 is 10.0 Å². The Morgan fingerprint density at radius 3 is 2.63 bits per heavy atom. The van der Waals surface area contributed by atoms with E-state index in [-0.39, 0.29) is 17.3 Å². The zero-order valence-electron chi connectivity index (χ0n) is 15.9. The van der Waals surface area contributed by atoms with E-state index in [1.165, 1.54) is 24.3 Å². The zero-order chi connectivity index (χ0) is 21.0. The lowest BCUT2D eigenvalue weighted by Gasteiger charge is -2.08. The minimum absolute atomic E-state index is 0.119. The fraction of sp³-hybridized carbons (Fsp3) is 0.150. The van der Waals surface area contributed by atoms with Gasteiger partial charge in [0.25, 0.3) is 5.91 Å². The molecule has 2 N–H and O–H groups in total. The number of hydrogen-bond donors (Lipinski definition) is 2. The molecule has 4 rings (SSSR count). The second kappa shape index (κ2) is 8.74. The summed E-state index contributed by atoms with van der Waals surface area (Å²) in [5, 5.41) is 12.8. The SMILES string of the molecule is O=C(NCc1nnc2ccccn12)c1ccc(S(=O)(=O)NCCc2cccs2)cc1. The summed E-state index contributed by atoms with van der Waals surface area (Å²) >= 11 is 1.59. The summed E-state index contributed by atoms with van der Waals surface area (Å²) in [6.07, 6.45) is 2.45. The van der Waals surface area contributed by atoms with Crippen LogP contribution < -0.4 is 10.0 Å². The van der Waals surface area contributed by atoms with Gasteiger partial charge in [0.2, 0.25) is 10.0 Å². The highest BCUT2D eigenvalue weighted by Crippen LogP contribution is 2.12. The number of rotatable bonds is 8. The van der Waals surface area contributed by atoms with Gasteiger partial charge in [0, 0.05) is 23.2 Å². The normalized spacial score (nSPS) is 11.6. The van der Waals surface area contributed by atoms with Crippen LogP contribution in [0.25, 0.3) is 5.65 Å².